The van der Waals surface area contributed by atoms with E-state index in [1.54, 1.807) is 0 Å². The normalized spacial score (nSPS) is 12.5. The van der Waals surface area contributed by atoms with Crippen molar-refractivity contribution in [1.82, 2.24) is 0 Å². The van der Waals surface area contributed by atoms with Gasteiger partial charge in [0.1, 0.15) is 0 Å². The van der Waals surface area contributed by atoms with Crippen LogP contribution in [0.5, 0.6) is 0 Å². The number of halogens is 1. The van der Waals surface area contributed by atoms with Crippen LogP contribution in [0.4, 0.5) is 0 Å². The third-order valence-electron chi connectivity index (χ3n) is 2.74. The second-order valence-electron chi connectivity index (χ2n) is 4.87. The van der Waals surface area contributed by atoms with Crippen LogP contribution in [0.15, 0.2) is 57.9 Å². The van der Waals surface area contributed by atoms with Gasteiger partial charge in [-0.1, -0.05) is 40.2 Å². The summed E-state index contributed by atoms with van der Waals surface area (Å²) in [4.78, 5) is 1.46. The summed E-state index contributed by atoms with van der Waals surface area (Å²) in [7, 11) is -0.616. The molecule has 2 aromatic rings. The zero-order valence-electron chi connectivity index (χ0n) is 10.4. The lowest BCUT2D eigenvalue weighted by Crippen LogP contribution is -1.92. The summed E-state index contributed by atoms with van der Waals surface area (Å²) in [5.74, 6) is 0. The monoisotopic (exact) mass is 308 g/mol. The molecule has 0 radical (unpaired) electrons. The average Bonchev–Trinajstić information content (AvgIpc) is 2.29. The second-order valence-corrected chi connectivity index (χ2v) is 9.93. The van der Waals surface area contributed by atoms with Gasteiger partial charge in [0.2, 0.25) is 0 Å². The van der Waals surface area contributed by atoms with Crippen LogP contribution in [0.1, 0.15) is 0 Å². The van der Waals surface area contributed by atoms with Gasteiger partial charge in [-0.3, -0.25) is 0 Å². The Bertz CT molecular complexity index is 492. The smallest absolute Gasteiger partial charge is 0.0175 e. The van der Waals surface area contributed by atoms with E-state index in [-0.39, 0.29) is 0 Å². The Hall–Kier alpha value is -0.730. The van der Waals surface area contributed by atoms with Gasteiger partial charge < -0.3 is 0 Å². The maximum absolute atomic E-state index is 3.46. The van der Waals surface area contributed by atoms with Gasteiger partial charge in [-0.25, -0.2) is 10.0 Å². The maximum atomic E-state index is 3.46. The van der Waals surface area contributed by atoms with Crippen LogP contribution in [-0.4, -0.2) is 18.8 Å². The summed E-state index contributed by atoms with van der Waals surface area (Å²) in [6.07, 6.45) is 6.96. The molecule has 0 saturated carbocycles. The molecule has 0 heterocycles. The summed E-state index contributed by atoms with van der Waals surface area (Å²) < 4.78 is 1.12. The average molecular weight is 309 g/mol. The first kappa shape index (κ1) is 12.7. The zero-order chi connectivity index (χ0) is 12.5. The molecule has 0 nitrogen and oxygen atoms in total. The molecule has 17 heavy (non-hydrogen) atoms. The first-order valence-corrected chi connectivity index (χ1v) is 9.16. The van der Waals surface area contributed by atoms with Crippen LogP contribution in [0.2, 0.25) is 0 Å². The molecule has 0 atom stereocenters. The van der Waals surface area contributed by atoms with Gasteiger partial charge in [-0.2, -0.15) is 0 Å². The van der Waals surface area contributed by atoms with E-state index in [1.165, 1.54) is 16.0 Å². The Morgan fingerprint density at radius 1 is 0.706 bits per heavy atom. The fourth-order valence-electron chi connectivity index (χ4n) is 1.70. The van der Waals surface area contributed by atoms with E-state index in [0.29, 0.717) is 0 Å². The zero-order valence-corrected chi connectivity index (χ0v) is 12.8. The summed E-state index contributed by atoms with van der Waals surface area (Å²) in [6.45, 7) is 0. The summed E-state index contributed by atoms with van der Waals surface area (Å²) in [5, 5.41) is 0. The molecule has 2 rings (SSSR count). The van der Waals surface area contributed by atoms with E-state index in [2.05, 4.69) is 83.2 Å². The molecule has 0 spiro atoms. The van der Waals surface area contributed by atoms with E-state index in [9.17, 15) is 0 Å². The first-order valence-electron chi connectivity index (χ1n) is 5.51. The molecule has 2 heteroatoms. The molecule has 0 N–H and O–H groups in total. The molecule has 0 aliphatic rings. The lowest BCUT2D eigenvalue weighted by atomic mass is 10.1. The predicted molar refractivity (Wildman–Crippen MR) is 83.2 cm³/mol. The molecular formula is C15H17BrS. The highest BCUT2D eigenvalue weighted by Crippen LogP contribution is 2.45. The Morgan fingerprint density at radius 3 is 1.53 bits per heavy atom. The van der Waals surface area contributed by atoms with Gasteiger partial charge in [0, 0.05) is 4.47 Å². The highest BCUT2D eigenvalue weighted by molar-refractivity contribution is 9.10. The van der Waals surface area contributed by atoms with Crippen LogP contribution in [-0.2, 0) is 0 Å². The molecule has 0 aliphatic carbocycles. The number of benzene rings is 2. The van der Waals surface area contributed by atoms with E-state index in [4.69, 9.17) is 0 Å². The van der Waals surface area contributed by atoms with E-state index in [0.717, 1.165) is 4.47 Å². The third kappa shape index (κ3) is 3.14. The van der Waals surface area contributed by atoms with Crippen LogP contribution in [0.3, 0.4) is 0 Å². The van der Waals surface area contributed by atoms with Gasteiger partial charge in [-0.05, 0) is 59.1 Å². The van der Waals surface area contributed by atoms with Crippen molar-refractivity contribution in [2.45, 2.75) is 4.90 Å². The van der Waals surface area contributed by atoms with Crippen molar-refractivity contribution < 1.29 is 0 Å². The molecule has 90 valence electrons. The number of hydrogen-bond donors (Lipinski definition) is 0. The minimum atomic E-state index is -0.616. The van der Waals surface area contributed by atoms with Crippen molar-refractivity contribution in [1.29, 1.82) is 0 Å². The summed E-state index contributed by atoms with van der Waals surface area (Å²) in [6, 6.07) is 17.4. The highest BCUT2D eigenvalue weighted by atomic mass is 79.9. The van der Waals surface area contributed by atoms with E-state index >= 15 is 0 Å². The molecule has 0 bridgehead atoms. The summed E-state index contributed by atoms with van der Waals surface area (Å²) >= 11 is 3.46. The second kappa shape index (κ2) is 4.87. The number of hydrogen-bond acceptors (Lipinski definition) is 0. The molecule has 0 unspecified atom stereocenters. The molecular weight excluding hydrogens is 292 g/mol. The van der Waals surface area contributed by atoms with Gasteiger partial charge >= 0.3 is 0 Å². The van der Waals surface area contributed by atoms with Crippen molar-refractivity contribution in [3.05, 3.63) is 53.0 Å². The van der Waals surface area contributed by atoms with Crippen LogP contribution < -0.4 is 0 Å². The predicted octanol–water partition coefficient (Wildman–Crippen LogP) is 5.17. The largest absolute Gasteiger partial charge is 0.223 e. The van der Waals surface area contributed by atoms with Crippen molar-refractivity contribution in [3.63, 3.8) is 0 Å². The molecule has 0 aromatic heterocycles. The molecule has 0 aliphatic heterocycles. The van der Waals surface area contributed by atoms with Gasteiger partial charge in [0.05, 0.1) is 0 Å². The van der Waals surface area contributed by atoms with Crippen molar-refractivity contribution >= 4 is 26.0 Å². The SMILES string of the molecule is CS(C)(C)c1ccc(-c2ccc(Br)cc2)cc1. The van der Waals surface area contributed by atoms with Crippen LogP contribution >= 0.6 is 26.0 Å². The minimum Gasteiger partial charge on any atom is -0.223 e. The van der Waals surface area contributed by atoms with Crippen molar-refractivity contribution in [2.75, 3.05) is 18.8 Å². The Kier molecular flexibility index (Phi) is 3.64. The van der Waals surface area contributed by atoms with E-state index < -0.39 is 10.0 Å². The summed E-state index contributed by atoms with van der Waals surface area (Å²) in [5.41, 5.74) is 2.55. The Labute approximate surface area is 114 Å². The van der Waals surface area contributed by atoms with Crippen molar-refractivity contribution in [2.24, 2.45) is 0 Å². The van der Waals surface area contributed by atoms with Crippen LogP contribution in [0.25, 0.3) is 11.1 Å². The Balaban J connectivity index is 2.33. The quantitative estimate of drug-likeness (QED) is 0.718. The minimum absolute atomic E-state index is 0.616. The fourth-order valence-corrected chi connectivity index (χ4v) is 2.91. The topological polar surface area (TPSA) is 0 Å². The lowest BCUT2D eigenvalue weighted by molar-refractivity contribution is 1.43. The highest BCUT2D eigenvalue weighted by Gasteiger charge is 2.07. The van der Waals surface area contributed by atoms with Gasteiger partial charge in [0.25, 0.3) is 0 Å². The molecule has 0 saturated heterocycles. The molecule has 0 amide bonds. The van der Waals surface area contributed by atoms with E-state index in [1.807, 2.05) is 0 Å². The lowest BCUT2D eigenvalue weighted by Gasteiger charge is -2.25. The molecule has 2 aromatic carbocycles. The standard InChI is InChI=1S/C15H17BrS/c1-17(2,3)15-10-6-13(7-11-15)12-4-8-14(16)9-5-12/h4-11H,1-3H3. The fraction of sp³-hybridized carbons (Fsp3) is 0.200. The number of rotatable bonds is 2. The van der Waals surface area contributed by atoms with Gasteiger partial charge in [0.15, 0.2) is 0 Å². The maximum Gasteiger partial charge on any atom is 0.0175 e. The van der Waals surface area contributed by atoms with Gasteiger partial charge in [-0.15, -0.1) is 0 Å². The van der Waals surface area contributed by atoms with Crippen LogP contribution in [0, 0.1) is 0 Å². The van der Waals surface area contributed by atoms with Crippen molar-refractivity contribution in [3.8, 4) is 11.1 Å². The molecule has 0 fully saturated rings. The first-order chi connectivity index (χ1) is 7.97. The Morgan fingerprint density at radius 2 is 1.12 bits per heavy atom. The third-order valence-corrected chi connectivity index (χ3v) is 4.95.